The molecule has 0 amide bonds. The second-order valence-electron chi connectivity index (χ2n) is 7.15. The van der Waals surface area contributed by atoms with Crippen LogP contribution in [0.3, 0.4) is 0 Å². The Bertz CT molecular complexity index is 989. The molecule has 4 rings (SSSR count). The molecule has 0 saturated carbocycles. The smallest absolute Gasteiger partial charge is 0.355 e. The van der Waals surface area contributed by atoms with Crippen molar-refractivity contribution in [1.82, 2.24) is 4.98 Å². The van der Waals surface area contributed by atoms with E-state index in [4.69, 9.17) is 4.74 Å². The highest BCUT2D eigenvalue weighted by atomic mass is 16.5. The number of carbonyl (C=O) groups excluding carboxylic acids is 2. The molecule has 1 heterocycles. The largest absolute Gasteiger partial charge is 0.461 e. The van der Waals surface area contributed by atoms with Gasteiger partial charge >= 0.3 is 5.97 Å². The Balaban J connectivity index is 1.75. The Morgan fingerprint density at radius 2 is 1.71 bits per heavy atom. The highest BCUT2D eigenvalue weighted by Gasteiger charge is 2.33. The molecule has 4 heteroatoms. The van der Waals surface area contributed by atoms with E-state index in [2.05, 4.69) is 17.1 Å². The van der Waals surface area contributed by atoms with Crippen LogP contribution in [0.1, 0.15) is 62.5 Å². The van der Waals surface area contributed by atoms with Crippen molar-refractivity contribution in [2.75, 3.05) is 6.61 Å². The molecule has 1 aliphatic rings. The Morgan fingerprint density at radius 3 is 2.39 bits per heavy atom. The fourth-order valence-electron chi connectivity index (χ4n) is 4.05. The minimum absolute atomic E-state index is 0.0906. The summed E-state index contributed by atoms with van der Waals surface area (Å²) >= 11 is 0. The number of fused-ring (bicyclic) bond motifs is 1. The van der Waals surface area contributed by atoms with E-state index in [-0.39, 0.29) is 11.7 Å². The van der Waals surface area contributed by atoms with Crippen LogP contribution in [0.4, 0.5) is 0 Å². The van der Waals surface area contributed by atoms with Crippen LogP contribution < -0.4 is 0 Å². The fraction of sp³-hybridized carbons (Fsp3) is 0.250. The summed E-state index contributed by atoms with van der Waals surface area (Å²) in [4.78, 5) is 28.9. The van der Waals surface area contributed by atoms with Gasteiger partial charge in [-0.25, -0.2) is 4.79 Å². The Hall–Kier alpha value is -3.14. The first-order valence-electron chi connectivity index (χ1n) is 9.70. The van der Waals surface area contributed by atoms with Crippen LogP contribution in [0, 0.1) is 0 Å². The molecule has 0 saturated heterocycles. The van der Waals surface area contributed by atoms with Gasteiger partial charge in [0.15, 0.2) is 5.78 Å². The van der Waals surface area contributed by atoms with E-state index in [1.807, 2.05) is 48.5 Å². The number of aromatic amines is 1. The second kappa shape index (κ2) is 7.85. The Kier molecular flexibility index (Phi) is 5.11. The molecule has 0 bridgehead atoms. The van der Waals surface area contributed by atoms with Crippen molar-refractivity contribution >= 4 is 11.8 Å². The third kappa shape index (κ3) is 3.50. The first kappa shape index (κ1) is 18.2. The maximum absolute atomic E-state index is 13.1. The van der Waals surface area contributed by atoms with Gasteiger partial charge in [-0.2, -0.15) is 0 Å². The summed E-state index contributed by atoms with van der Waals surface area (Å²) < 4.78 is 5.25. The summed E-state index contributed by atoms with van der Waals surface area (Å²) in [5.74, 6) is -0.181. The molecule has 2 aromatic carbocycles. The van der Waals surface area contributed by atoms with E-state index in [1.165, 1.54) is 0 Å². The molecule has 142 valence electrons. The fourth-order valence-corrected chi connectivity index (χ4v) is 4.05. The average Bonchev–Trinajstić information content (AvgIpc) is 3.08. The Morgan fingerprint density at radius 1 is 1.04 bits per heavy atom. The normalized spacial score (nSPS) is 15.9. The molecule has 0 aliphatic heterocycles. The van der Waals surface area contributed by atoms with Crippen LogP contribution in [0.2, 0.25) is 0 Å². The number of Topliss-reactive ketones (excluding diaryl/α,β-unsaturated/α-hetero) is 1. The SMILES string of the molecule is CCOC(=O)c1[nH]c2c(c1Cc1ccccc1)C(=O)C[C@H](c1ccccc1)C2. The number of H-pyrrole nitrogens is 1. The van der Waals surface area contributed by atoms with Gasteiger partial charge in [0.2, 0.25) is 0 Å². The lowest BCUT2D eigenvalue weighted by Crippen LogP contribution is -2.19. The molecule has 1 N–H and O–H groups in total. The molecule has 4 nitrogen and oxygen atoms in total. The Labute approximate surface area is 164 Å². The number of hydrogen-bond acceptors (Lipinski definition) is 3. The summed E-state index contributed by atoms with van der Waals surface area (Å²) in [5, 5.41) is 0. The van der Waals surface area contributed by atoms with Crippen molar-refractivity contribution in [3.8, 4) is 0 Å². The topological polar surface area (TPSA) is 59.2 Å². The first-order chi connectivity index (χ1) is 13.7. The molecule has 1 aromatic heterocycles. The van der Waals surface area contributed by atoms with Crippen molar-refractivity contribution in [3.05, 3.63) is 94.3 Å². The number of carbonyl (C=O) groups is 2. The lowest BCUT2D eigenvalue weighted by Gasteiger charge is -2.22. The van der Waals surface area contributed by atoms with Gasteiger partial charge in [0, 0.05) is 24.1 Å². The van der Waals surface area contributed by atoms with Gasteiger partial charge in [-0.05, 0) is 36.0 Å². The van der Waals surface area contributed by atoms with Crippen molar-refractivity contribution in [2.24, 2.45) is 0 Å². The molecule has 1 aliphatic carbocycles. The molecule has 0 fully saturated rings. The summed E-state index contributed by atoms with van der Waals surface area (Å²) in [6.45, 7) is 2.09. The van der Waals surface area contributed by atoms with Gasteiger partial charge < -0.3 is 9.72 Å². The second-order valence-corrected chi connectivity index (χ2v) is 7.15. The number of benzene rings is 2. The van der Waals surface area contributed by atoms with Crippen LogP contribution in [0.5, 0.6) is 0 Å². The molecule has 28 heavy (non-hydrogen) atoms. The number of hydrogen-bond donors (Lipinski definition) is 1. The lowest BCUT2D eigenvalue weighted by atomic mass is 9.80. The molecular weight excluding hydrogens is 350 g/mol. The zero-order valence-electron chi connectivity index (χ0n) is 15.9. The molecule has 1 atom stereocenters. The number of aromatic nitrogens is 1. The van der Waals surface area contributed by atoms with Crippen LogP contribution >= 0.6 is 0 Å². The predicted molar refractivity (Wildman–Crippen MR) is 108 cm³/mol. The highest BCUT2D eigenvalue weighted by molar-refractivity contribution is 6.04. The van der Waals surface area contributed by atoms with Crippen LogP contribution in [0.25, 0.3) is 0 Å². The molecule has 0 unspecified atom stereocenters. The summed E-state index contributed by atoms with van der Waals surface area (Å²) in [5.41, 5.74) is 4.92. The van der Waals surface area contributed by atoms with Gasteiger partial charge in [0.1, 0.15) is 5.69 Å². The van der Waals surface area contributed by atoms with Crippen LogP contribution in [-0.2, 0) is 17.6 Å². The summed E-state index contributed by atoms with van der Waals surface area (Å²) in [7, 11) is 0. The zero-order valence-corrected chi connectivity index (χ0v) is 15.9. The minimum Gasteiger partial charge on any atom is -0.461 e. The quantitative estimate of drug-likeness (QED) is 0.660. The van der Waals surface area contributed by atoms with E-state index in [0.29, 0.717) is 37.1 Å². The molecule has 0 radical (unpaired) electrons. The highest BCUT2D eigenvalue weighted by Crippen LogP contribution is 2.36. The van der Waals surface area contributed by atoms with E-state index < -0.39 is 5.97 Å². The van der Waals surface area contributed by atoms with E-state index in [9.17, 15) is 9.59 Å². The third-order valence-electron chi connectivity index (χ3n) is 5.32. The third-order valence-corrected chi connectivity index (χ3v) is 5.32. The number of rotatable bonds is 5. The average molecular weight is 373 g/mol. The molecular formula is C24H23NO3. The lowest BCUT2D eigenvalue weighted by molar-refractivity contribution is 0.0519. The molecule has 0 spiro atoms. The number of esters is 1. The van der Waals surface area contributed by atoms with E-state index in [0.717, 1.165) is 22.4 Å². The standard InChI is InChI=1S/C24H23NO3/c1-2-28-24(27)23-19(13-16-9-5-3-6-10-16)22-20(25-23)14-18(15-21(22)26)17-11-7-4-8-12-17/h3-12,18,25H,2,13-15H2,1H3/t18-/m1/s1. The van der Waals surface area contributed by atoms with Crippen molar-refractivity contribution in [1.29, 1.82) is 0 Å². The number of nitrogens with one attached hydrogen (secondary N) is 1. The van der Waals surface area contributed by atoms with Gasteiger partial charge in [0.25, 0.3) is 0 Å². The summed E-state index contributed by atoms with van der Waals surface area (Å²) in [6.07, 6.45) is 1.70. The summed E-state index contributed by atoms with van der Waals surface area (Å²) in [6, 6.07) is 20.0. The first-order valence-corrected chi connectivity index (χ1v) is 9.70. The molecule has 3 aromatic rings. The van der Waals surface area contributed by atoms with Crippen molar-refractivity contribution in [2.45, 2.75) is 32.1 Å². The monoisotopic (exact) mass is 373 g/mol. The van der Waals surface area contributed by atoms with Gasteiger partial charge in [-0.15, -0.1) is 0 Å². The van der Waals surface area contributed by atoms with Crippen molar-refractivity contribution in [3.63, 3.8) is 0 Å². The van der Waals surface area contributed by atoms with Gasteiger partial charge in [-0.3, -0.25) is 4.79 Å². The number of ether oxygens (including phenoxy) is 1. The minimum atomic E-state index is -0.396. The van der Waals surface area contributed by atoms with Crippen molar-refractivity contribution < 1.29 is 14.3 Å². The maximum atomic E-state index is 13.1. The van der Waals surface area contributed by atoms with Crippen LogP contribution in [-0.4, -0.2) is 23.3 Å². The van der Waals surface area contributed by atoms with Gasteiger partial charge in [0.05, 0.1) is 6.61 Å². The van der Waals surface area contributed by atoms with Gasteiger partial charge in [-0.1, -0.05) is 60.7 Å². The maximum Gasteiger partial charge on any atom is 0.355 e. The predicted octanol–water partition coefficient (Wildman–Crippen LogP) is 4.69. The number of ketones is 1. The van der Waals surface area contributed by atoms with E-state index in [1.54, 1.807) is 6.92 Å². The zero-order chi connectivity index (χ0) is 19.5. The van der Waals surface area contributed by atoms with Crippen LogP contribution in [0.15, 0.2) is 60.7 Å². The van der Waals surface area contributed by atoms with E-state index >= 15 is 0 Å².